The molecule has 2 rings (SSSR count). The maximum atomic E-state index is 11.9. The van der Waals surface area contributed by atoms with Gasteiger partial charge in [0.1, 0.15) is 11.3 Å². The highest BCUT2D eigenvalue weighted by atomic mass is 35.5. The number of carboxylic acids is 1. The lowest BCUT2D eigenvalue weighted by Crippen LogP contribution is -2.15. The molecule has 2 aromatic rings. The van der Waals surface area contributed by atoms with Crippen molar-refractivity contribution in [2.45, 2.75) is 6.92 Å². The highest BCUT2D eigenvalue weighted by molar-refractivity contribution is 6.31. The van der Waals surface area contributed by atoms with Gasteiger partial charge >= 0.3 is 5.97 Å². The summed E-state index contributed by atoms with van der Waals surface area (Å²) in [5, 5.41) is 15.3. The molecule has 0 bridgehead atoms. The van der Waals surface area contributed by atoms with Gasteiger partial charge in [-0.1, -0.05) is 16.8 Å². The Labute approximate surface area is 113 Å². The fourth-order valence-corrected chi connectivity index (χ4v) is 1.68. The lowest BCUT2D eigenvalue weighted by atomic mass is 10.1. The Balaban J connectivity index is 2.33. The molecule has 1 aromatic heterocycles. The van der Waals surface area contributed by atoms with E-state index in [0.29, 0.717) is 10.8 Å². The summed E-state index contributed by atoms with van der Waals surface area (Å²) in [7, 11) is 0. The Hall–Kier alpha value is -2.34. The second-order valence-corrected chi connectivity index (χ2v) is 4.18. The lowest BCUT2D eigenvalue weighted by Gasteiger charge is -2.08. The molecule has 2 N–H and O–H groups in total. The molecule has 1 aromatic carbocycles. The molecular weight excluding hydrogens is 272 g/mol. The van der Waals surface area contributed by atoms with E-state index in [1.165, 1.54) is 24.4 Å². The summed E-state index contributed by atoms with van der Waals surface area (Å²) in [6.07, 6.45) is 1.26. The molecule has 0 saturated carbocycles. The fourth-order valence-electron chi connectivity index (χ4n) is 1.51. The van der Waals surface area contributed by atoms with Crippen molar-refractivity contribution in [3.05, 3.63) is 46.3 Å². The second kappa shape index (κ2) is 5.11. The van der Waals surface area contributed by atoms with Crippen LogP contribution >= 0.6 is 11.6 Å². The number of halogens is 1. The van der Waals surface area contributed by atoms with Gasteiger partial charge in [-0.3, -0.25) is 4.79 Å². The van der Waals surface area contributed by atoms with Crippen molar-refractivity contribution in [1.82, 2.24) is 5.16 Å². The first-order chi connectivity index (χ1) is 8.99. The van der Waals surface area contributed by atoms with Gasteiger partial charge in [0.25, 0.3) is 5.91 Å². The number of aromatic nitrogens is 1. The van der Waals surface area contributed by atoms with Crippen LogP contribution in [0, 0.1) is 6.92 Å². The highest BCUT2D eigenvalue weighted by Crippen LogP contribution is 2.22. The van der Waals surface area contributed by atoms with E-state index in [1.807, 2.05) is 0 Å². The molecule has 98 valence electrons. The minimum atomic E-state index is -1.16. The first-order valence-electron chi connectivity index (χ1n) is 5.24. The number of hydrogen-bond donors (Lipinski definition) is 2. The topological polar surface area (TPSA) is 92.4 Å². The van der Waals surface area contributed by atoms with E-state index in [1.54, 1.807) is 6.92 Å². The largest absolute Gasteiger partial charge is 0.478 e. The number of hydrogen-bond acceptors (Lipinski definition) is 4. The van der Waals surface area contributed by atoms with Crippen molar-refractivity contribution in [2.75, 3.05) is 5.32 Å². The second-order valence-electron chi connectivity index (χ2n) is 3.74. The van der Waals surface area contributed by atoms with Crippen molar-refractivity contribution in [3.63, 3.8) is 0 Å². The molecule has 6 nitrogen and oxygen atoms in total. The summed E-state index contributed by atoms with van der Waals surface area (Å²) >= 11 is 5.79. The average molecular weight is 281 g/mol. The SMILES string of the molecule is Cc1oncc1C(=O)Nc1cc(Cl)ccc1C(=O)O. The third kappa shape index (κ3) is 2.74. The maximum absolute atomic E-state index is 11.9. The molecule has 1 heterocycles. The van der Waals surface area contributed by atoms with Gasteiger partial charge in [-0.2, -0.15) is 0 Å². The van der Waals surface area contributed by atoms with Gasteiger partial charge < -0.3 is 14.9 Å². The van der Waals surface area contributed by atoms with Crippen LogP contribution in [0.15, 0.2) is 28.9 Å². The minimum absolute atomic E-state index is 0.0492. The number of aryl methyl sites for hydroxylation is 1. The van der Waals surface area contributed by atoms with Crippen LogP contribution in [-0.4, -0.2) is 22.1 Å². The van der Waals surface area contributed by atoms with Crippen molar-refractivity contribution in [1.29, 1.82) is 0 Å². The summed E-state index contributed by atoms with van der Waals surface area (Å²) in [4.78, 5) is 23.0. The normalized spacial score (nSPS) is 10.2. The number of benzene rings is 1. The van der Waals surface area contributed by atoms with Crippen molar-refractivity contribution in [2.24, 2.45) is 0 Å². The molecule has 0 fully saturated rings. The van der Waals surface area contributed by atoms with E-state index < -0.39 is 11.9 Å². The van der Waals surface area contributed by atoms with Crippen molar-refractivity contribution < 1.29 is 19.2 Å². The van der Waals surface area contributed by atoms with Gasteiger partial charge in [0.2, 0.25) is 0 Å². The molecule has 7 heteroatoms. The van der Waals surface area contributed by atoms with Gasteiger partial charge in [0, 0.05) is 5.02 Å². The molecule has 0 radical (unpaired) electrons. The lowest BCUT2D eigenvalue weighted by molar-refractivity contribution is 0.0698. The zero-order valence-electron chi connectivity index (χ0n) is 9.81. The summed E-state index contributed by atoms with van der Waals surface area (Å²) in [5.74, 6) is -1.33. The molecule has 1 amide bonds. The standard InChI is InChI=1S/C12H9ClN2O4/c1-6-9(5-14-19-6)11(16)15-10-4-7(13)2-3-8(10)12(17)18/h2-5H,1H3,(H,15,16)(H,17,18). The number of carboxylic acid groups (broad SMARTS) is 1. The molecule has 19 heavy (non-hydrogen) atoms. The van der Waals surface area contributed by atoms with Crippen LogP contribution in [-0.2, 0) is 0 Å². The van der Waals surface area contributed by atoms with Gasteiger partial charge in [-0.15, -0.1) is 0 Å². The summed E-state index contributed by atoms with van der Waals surface area (Å²) < 4.78 is 4.77. The first-order valence-corrected chi connectivity index (χ1v) is 5.62. The van der Waals surface area contributed by atoms with Crippen LogP contribution in [0.5, 0.6) is 0 Å². The number of anilines is 1. The summed E-state index contributed by atoms with van der Waals surface area (Å²) in [6.45, 7) is 1.58. The van der Waals surface area contributed by atoms with Crippen LogP contribution in [0.25, 0.3) is 0 Å². The van der Waals surface area contributed by atoms with Gasteiger partial charge in [-0.05, 0) is 25.1 Å². The van der Waals surface area contributed by atoms with Crippen LogP contribution in [0.4, 0.5) is 5.69 Å². The van der Waals surface area contributed by atoms with E-state index in [9.17, 15) is 9.59 Å². The number of carbonyl (C=O) groups is 2. The van der Waals surface area contributed by atoms with Gasteiger partial charge in [0.05, 0.1) is 17.4 Å². The average Bonchev–Trinajstić information content (AvgIpc) is 2.75. The van der Waals surface area contributed by atoms with E-state index in [-0.39, 0.29) is 16.8 Å². The van der Waals surface area contributed by atoms with Gasteiger partial charge in [-0.25, -0.2) is 4.79 Å². The number of rotatable bonds is 3. The Morgan fingerprint density at radius 1 is 1.37 bits per heavy atom. The van der Waals surface area contributed by atoms with E-state index in [2.05, 4.69) is 10.5 Å². The Morgan fingerprint density at radius 3 is 2.68 bits per heavy atom. The Kier molecular flexibility index (Phi) is 3.52. The predicted molar refractivity (Wildman–Crippen MR) is 67.6 cm³/mol. The molecule has 0 aliphatic rings. The third-order valence-corrected chi connectivity index (χ3v) is 2.69. The van der Waals surface area contributed by atoms with E-state index in [0.717, 1.165) is 0 Å². The van der Waals surface area contributed by atoms with Crippen molar-refractivity contribution >= 4 is 29.2 Å². The molecule has 0 saturated heterocycles. The summed E-state index contributed by atoms with van der Waals surface area (Å²) in [6, 6.07) is 4.12. The zero-order valence-corrected chi connectivity index (χ0v) is 10.6. The minimum Gasteiger partial charge on any atom is -0.478 e. The quantitative estimate of drug-likeness (QED) is 0.901. The smallest absolute Gasteiger partial charge is 0.337 e. The molecule has 0 unspecified atom stereocenters. The number of carbonyl (C=O) groups excluding carboxylic acids is 1. The van der Waals surface area contributed by atoms with E-state index >= 15 is 0 Å². The van der Waals surface area contributed by atoms with E-state index in [4.69, 9.17) is 21.2 Å². The predicted octanol–water partition coefficient (Wildman–Crippen LogP) is 2.59. The summed E-state index contributed by atoms with van der Waals surface area (Å²) in [5.41, 5.74) is 0.300. The highest BCUT2D eigenvalue weighted by Gasteiger charge is 2.17. The first kappa shape index (κ1) is 13.1. The third-order valence-electron chi connectivity index (χ3n) is 2.46. The van der Waals surface area contributed by atoms with Crippen molar-refractivity contribution in [3.8, 4) is 0 Å². The number of nitrogens with zero attached hydrogens (tertiary/aromatic N) is 1. The van der Waals surface area contributed by atoms with Crippen LogP contribution in [0.1, 0.15) is 26.5 Å². The number of aromatic carboxylic acids is 1. The number of amides is 1. The van der Waals surface area contributed by atoms with Gasteiger partial charge in [0.15, 0.2) is 0 Å². The number of nitrogens with one attached hydrogen (secondary N) is 1. The monoisotopic (exact) mass is 280 g/mol. The Bertz CT molecular complexity index is 651. The zero-order chi connectivity index (χ0) is 14.0. The molecular formula is C12H9ClN2O4. The van der Waals surface area contributed by atoms with Crippen LogP contribution in [0.2, 0.25) is 5.02 Å². The molecule has 0 spiro atoms. The maximum Gasteiger partial charge on any atom is 0.337 e. The molecule has 0 aliphatic carbocycles. The van der Waals surface area contributed by atoms with Crippen LogP contribution in [0.3, 0.4) is 0 Å². The Morgan fingerprint density at radius 2 is 2.11 bits per heavy atom. The molecule has 0 aliphatic heterocycles. The fraction of sp³-hybridized carbons (Fsp3) is 0.0833. The van der Waals surface area contributed by atoms with Crippen LogP contribution < -0.4 is 5.32 Å². The molecule has 0 atom stereocenters.